The molecule has 0 unspecified atom stereocenters. The van der Waals surface area contributed by atoms with Gasteiger partial charge in [-0.3, -0.25) is 4.79 Å². The van der Waals surface area contributed by atoms with Crippen LogP contribution in [0.25, 0.3) is 0 Å². The number of carbonyl (C=O) groups excluding carboxylic acids is 1. The summed E-state index contributed by atoms with van der Waals surface area (Å²) in [6, 6.07) is 7.68. The Hall–Kier alpha value is -1.06. The smallest absolute Gasteiger partial charge is 0.220 e. The molecule has 1 amide bonds. The second kappa shape index (κ2) is 7.09. The summed E-state index contributed by atoms with van der Waals surface area (Å²) in [5.74, 6) is 0.139. The van der Waals surface area contributed by atoms with Gasteiger partial charge in [0.25, 0.3) is 0 Å². The van der Waals surface area contributed by atoms with Crippen LogP contribution in [0.5, 0.6) is 0 Å². The maximum absolute atomic E-state index is 11.9. The van der Waals surface area contributed by atoms with E-state index in [1.165, 1.54) is 0 Å². The first-order valence-corrected chi connectivity index (χ1v) is 7.67. The molecule has 4 heteroatoms. The Bertz CT molecular complexity index is 438. The van der Waals surface area contributed by atoms with Crippen LogP contribution in [0, 0.1) is 5.41 Å². The lowest BCUT2D eigenvalue weighted by Gasteiger charge is -2.34. The van der Waals surface area contributed by atoms with E-state index in [0.29, 0.717) is 6.42 Å². The number of hydrogen-bond acceptors (Lipinski definition) is 2. The Balaban J connectivity index is 1.71. The van der Waals surface area contributed by atoms with E-state index >= 15 is 0 Å². The normalized spacial score (nSPS) is 17.7. The standard InChI is InChI=1S/C16H23ClN2O/c1-16(8-10-18-11-9-16)12-19-15(20)7-4-13-2-5-14(17)6-3-13/h2-3,5-6,18H,4,7-12H2,1H3,(H,19,20). The highest BCUT2D eigenvalue weighted by atomic mass is 35.5. The molecule has 0 bridgehead atoms. The maximum atomic E-state index is 11.9. The second-order valence-corrected chi connectivity index (χ2v) is 6.40. The molecule has 1 aromatic carbocycles. The van der Waals surface area contributed by atoms with Crippen molar-refractivity contribution in [1.29, 1.82) is 0 Å². The molecular formula is C16H23ClN2O. The van der Waals surface area contributed by atoms with Crippen LogP contribution in [-0.2, 0) is 11.2 Å². The fourth-order valence-electron chi connectivity index (χ4n) is 2.52. The van der Waals surface area contributed by atoms with Crippen LogP contribution in [0.2, 0.25) is 5.02 Å². The molecule has 0 spiro atoms. The molecule has 1 aliphatic rings. The SMILES string of the molecule is CC1(CNC(=O)CCc2ccc(Cl)cc2)CCNCC1. The van der Waals surface area contributed by atoms with Gasteiger partial charge in [-0.25, -0.2) is 0 Å². The number of aryl methyl sites for hydroxylation is 1. The average molecular weight is 295 g/mol. The monoisotopic (exact) mass is 294 g/mol. The molecule has 1 aromatic rings. The summed E-state index contributed by atoms with van der Waals surface area (Å²) < 4.78 is 0. The Morgan fingerprint density at radius 2 is 1.95 bits per heavy atom. The molecule has 3 nitrogen and oxygen atoms in total. The lowest BCUT2D eigenvalue weighted by atomic mass is 9.81. The topological polar surface area (TPSA) is 41.1 Å². The molecule has 0 aliphatic carbocycles. The summed E-state index contributed by atoms with van der Waals surface area (Å²) in [5, 5.41) is 7.17. The zero-order valence-electron chi connectivity index (χ0n) is 12.0. The third-order valence-electron chi connectivity index (χ3n) is 4.08. The number of rotatable bonds is 5. The van der Waals surface area contributed by atoms with E-state index in [2.05, 4.69) is 17.6 Å². The molecule has 2 N–H and O–H groups in total. The average Bonchev–Trinajstić information content (AvgIpc) is 2.45. The van der Waals surface area contributed by atoms with Crippen molar-refractivity contribution < 1.29 is 4.79 Å². The van der Waals surface area contributed by atoms with Gasteiger partial charge in [0.15, 0.2) is 0 Å². The highest BCUT2D eigenvalue weighted by Crippen LogP contribution is 2.26. The third-order valence-corrected chi connectivity index (χ3v) is 4.33. The van der Waals surface area contributed by atoms with Gasteiger partial charge in [-0.05, 0) is 55.5 Å². The van der Waals surface area contributed by atoms with Gasteiger partial charge in [0, 0.05) is 18.0 Å². The van der Waals surface area contributed by atoms with Gasteiger partial charge in [-0.15, -0.1) is 0 Å². The number of nitrogens with one attached hydrogen (secondary N) is 2. The van der Waals surface area contributed by atoms with Gasteiger partial charge < -0.3 is 10.6 Å². The Morgan fingerprint density at radius 1 is 1.30 bits per heavy atom. The van der Waals surface area contributed by atoms with Crippen molar-refractivity contribution >= 4 is 17.5 Å². The van der Waals surface area contributed by atoms with E-state index in [9.17, 15) is 4.79 Å². The first-order valence-electron chi connectivity index (χ1n) is 7.29. The molecule has 1 saturated heterocycles. The van der Waals surface area contributed by atoms with Crippen LogP contribution in [0.15, 0.2) is 24.3 Å². The predicted molar refractivity (Wildman–Crippen MR) is 83.0 cm³/mol. The zero-order valence-corrected chi connectivity index (χ0v) is 12.8. The summed E-state index contributed by atoms with van der Waals surface area (Å²) in [6.45, 7) is 5.15. The molecule has 2 rings (SSSR count). The van der Waals surface area contributed by atoms with Crippen LogP contribution < -0.4 is 10.6 Å². The summed E-state index contributed by atoms with van der Waals surface area (Å²) >= 11 is 5.84. The molecule has 1 aliphatic heterocycles. The predicted octanol–water partition coefficient (Wildman–Crippen LogP) is 2.78. The highest BCUT2D eigenvalue weighted by molar-refractivity contribution is 6.30. The maximum Gasteiger partial charge on any atom is 0.220 e. The van der Waals surface area contributed by atoms with Crippen molar-refractivity contribution in [1.82, 2.24) is 10.6 Å². The Labute approximate surface area is 126 Å². The number of hydrogen-bond donors (Lipinski definition) is 2. The van der Waals surface area contributed by atoms with Crippen LogP contribution in [0.3, 0.4) is 0 Å². The van der Waals surface area contributed by atoms with Crippen molar-refractivity contribution in [2.24, 2.45) is 5.41 Å². The van der Waals surface area contributed by atoms with Crippen molar-refractivity contribution in [3.8, 4) is 0 Å². The quantitative estimate of drug-likeness (QED) is 0.877. The van der Waals surface area contributed by atoms with Crippen molar-refractivity contribution in [2.75, 3.05) is 19.6 Å². The van der Waals surface area contributed by atoms with Gasteiger partial charge in [0.2, 0.25) is 5.91 Å². The van der Waals surface area contributed by atoms with Crippen LogP contribution in [0.1, 0.15) is 31.7 Å². The van der Waals surface area contributed by atoms with Gasteiger partial charge in [-0.1, -0.05) is 30.7 Å². The molecule has 1 fully saturated rings. The van der Waals surface area contributed by atoms with Gasteiger partial charge in [0.1, 0.15) is 0 Å². The van der Waals surface area contributed by atoms with Gasteiger partial charge >= 0.3 is 0 Å². The van der Waals surface area contributed by atoms with E-state index in [1.807, 2.05) is 24.3 Å². The fraction of sp³-hybridized carbons (Fsp3) is 0.562. The number of benzene rings is 1. The summed E-state index contributed by atoms with van der Waals surface area (Å²) in [6.07, 6.45) is 3.56. The largest absolute Gasteiger partial charge is 0.356 e. The molecule has 1 heterocycles. The van der Waals surface area contributed by atoms with E-state index in [0.717, 1.165) is 49.5 Å². The number of piperidine rings is 1. The number of halogens is 1. The third kappa shape index (κ3) is 4.80. The van der Waals surface area contributed by atoms with Crippen LogP contribution >= 0.6 is 11.6 Å². The lowest BCUT2D eigenvalue weighted by molar-refractivity contribution is -0.121. The fourth-order valence-corrected chi connectivity index (χ4v) is 2.64. The number of amides is 1. The minimum atomic E-state index is 0.139. The van der Waals surface area contributed by atoms with Gasteiger partial charge in [-0.2, -0.15) is 0 Å². The summed E-state index contributed by atoms with van der Waals surface area (Å²) in [4.78, 5) is 11.9. The van der Waals surface area contributed by atoms with E-state index < -0.39 is 0 Å². The molecule has 20 heavy (non-hydrogen) atoms. The first-order chi connectivity index (χ1) is 9.57. The van der Waals surface area contributed by atoms with E-state index in [4.69, 9.17) is 11.6 Å². The Morgan fingerprint density at radius 3 is 2.60 bits per heavy atom. The molecule has 0 aromatic heterocycles. The highest BCUT2D eigenvalue weighted by Gasteiger charge is 2.26. The molecule has 0 saturated carbocycles. The van der Waals surface area contributed by atoms with Crippen molar-refractivity contribution in [3.63, 3.8) is 0 Å². The summed E-state index contributed by atoms with van der Waals surface area (Å²) in [5.41, 5.74) is 1.40. The van der Waals surface area contributed by atoms with Crippen LogP contribution in [-0.4, -0.2) is 25.5 Å². The van der Waals surface area contributed by atoms with E-state index in [1.54, 1.807) is 0 Å². The number of carbonyl (C=O) groups is 1. The minimum Gasteiger partial charge on any atom is -0.356 e. The lowest BCUT2D eigenvalue weighted by Crippen LogP contribution is -2.42. The summed E-state index contributed by atoms with van der Waals surface area (Å²) in [7, 11) is 0. The van der Waals surface area contributed by atoms with Crippen molar-refractivity contribution in [2.45, 2.75) is 32.6 Å². The molecule has 0 radical (unpaired) electrons. The van der Waals surface area contributed by atoms with Gasteiger partial charge in [0.05, 0.1) is 0 Å². The first kappa shape index (κ1) is 15.3. The molecular weight excluding hydrogens is 272 g/mol. The van der Waals surface area contributed by atoms with E-state index in [-0.39, 0.29) is 11.3 Å². The van der Waals surface area contributed by atoms with Crippen molar-refractivity contribution in [3.05, 3.63) is 34.9 Å². The Kier molecular flexibility index (Phi) is 5.44. The van der Waals surface area contributed by atoms with Crippen LogP contribution in [0.4, 0.5) is 0 Å². The second-order valence-electron chi connectivity index (χ2n) is 5.96. The zero-order chi connectivity index (χ0) is 14.4. The molecule has 0 atom stereocenters. The minimum absolute atomic E-state index is 0.139. The molecule has 110 valence electrons.